The molecule has 0 spiro atoms. The molecule has 2 heterocycles. The Morgan fingerprint density at radius 1 is 0.738 bits per heavy atom. The number of nitrogen functional groups attached to an aromatic ring is 1. The predicted octanol–water partition coefficient (Wildman–Crippen LogP) is 12.2. The number of benzene rings is 1. The third kappa shape index (κ3) is 20.4. The molecule has 1 fully saturated rings. The number of allylic oxidation sites excluding steroid dienone is 12. The lowest BCUT2D eigenvalue weighted by atomic mass is 10.0. The van der Waals surface area contributed by atoms with Crippen LogP contribution in [0.5, 0.6) is 5.75 Å². The van der Waals surface area contributed by atoms with Crippen molar-refractivity contribution in [3.63, 3.8) is 0 Å². The van der Waals surface area contributed by atoms with Crippen LogP contribution in [0, 0.1) is 6.92 Å². The van der Waals surface area contributed by atoms with Crippen LogP contribution in [0.15, 0.2) is 88.1 Å². The average molecular weight is 893 g/mol. The van der Waals surface area contributed by atoms with E-state index in [0.29, 0.717) is 56.2 Å². The van der Waals surface area contributed by atoms with Crippen LogP contribution in [0.4, 0.5) is 11.8 Å². The van der Waals surface area contributed by atoms with E-state index in [-0.39, 0.29) is 30.4 Å². The highest BCUT2D eigenvalue weighted by Gasteiger charge is 2.26. The van der Waals surface area contributed by atoms with E-state index in [4.69, 9.17) is 10.5 Å². The summed E-state index contributed by atoms with van der Waals surface area (Å²) in [6.45, 7) is 21.4. The molecule has 0 bridgehead atoms. The molecule has 0 saturated carbocycles. The normalized spacial score (nSPS) is 14.7. The van der Waals surface area contributed by atoms with Gasteiger partial charge in [0.1, 0.15) is 11.6 Å². The van der Waals surface area contributed by atoms with Gasteiger partial charge in [-0.15, -0.1) is 0 Å². The summed E-state index contributed by atoms with van der Waals surface area (Å²) in [5.41, 5.74) is 17.5. The van der Waals surface area contributed by atoms with E-state index >= 15 is 0 Å². The minimum absolute atomic E-state index is 0.0247. The molecule has 0 radical (unpaired) electrons. The van der Waals surface area contributed by atoms with E-state index in [2.05, 4.69) is 107 Å². The molecule has 1 aromatic carbocycles. The molecule has 1 aromatic heterocycles. The fourth-order valence-electron chi connectivity index (χ4n) is 8.11. The molecule has 1 saturated heterocycles. The number of aryl methyl sites for hydroxylation is 1. The monoisotopic (exact) mass is 893 g/mol. The van der Waals surface area contributed by atoms with E-state index < -0.39 is 0 Å². The van der Waals surface area contributed by atoms with Gasteiger partial charge in [0.2, 0.25) is 11.9 Å². The van der Waals surface area contributed by atoms with Crippen molar-refractivity contribution in [1.29, 1.82) is 0 Å². The van der Waals surface area contributed by atoms with Gasteiger partial charge in [0.05, 0.1) is 19.8 Å². The summed E-state index contributed by atoms with van der Waals surface area (Å²) in [5.74, 6) is 1.40. The number of hydrogen-bond acceptors (Lipinski definition) is 8. The maximum absolute atomic E-state index is 13.6. The van der Waals surface area contributed by atoms with E-state index in [0.717, 1.165) is 100 Å². The quantitative estimate of drug-likeness (QED) is 0.0596. The number of hydrogen-bond donors (Lipinski definition) is 3. The first-order valence-corrected chi connectivity index (χ1v) is 24.3. The van der Waals surface area contributed by atoms with Crippen LogP contribution < -0.4 is 15.8 Å². The van der Waals surface area contributed by atoms with Crippen molar-refractivity contribution in [1.82, 2.24) is 19.8 Å². The number of nitrogens with one attached hydrogen (secondary N) is 1. The summed E-state index contributed by atoms with van der Waals surface area (Å²) >= 11 is 0. The molecule has 0 aliphatic carbocycles. The standard InChI is InChI=1S/C55H84N6O4/c1-11-18-49(39-62)58-53-50(46(9)57-55(56)59-53)37-47-30-31-48(38-51(47)65-10)54(64)61-35-33-60(34-36-61)52(63)32-29-45(8)28-17-27-44(7)26-16-24-42(5)21-13-12-20-41(4)23-15-25-43(6)22-14-19-40(2)3/h19-21,25-26,28,30-31,38,49,62H,11-18,22-24,27,29,32-37,39H2,1-10H3,(H3,56,57,58,59)/b41-20+,42-21+,43-25+,44-26+,45-28+/t49-/m0/s1. The van der Waals surface area contributed by atoms with Crippen molar-refractivity contribution >= 4 is 23.6 Å². The van der Waals surface area contributed by atoms with Crippen LogP contribution >= 0.6 is 0 Å². The zero-order valence-electron chi connectivity index (χ0n) is 42.0. The zero-order chi connectivity index (χ0) is 47.7. The number of carbonyl (C=O) groups excluding carboxylic acids is 2. The molecule has 1 aliphatic rings. The third-order valence-electron chi connectivity index (χ3n) is 12.3. The van der Waals surface area contributed by atoms with Crippen LogP contribution in [0.1, 0.15) is 172 Å². The van der Waals surface area contributed by atoms with E-state index in [1.807, 2.05) is 28.9 Å². The van der Waals surface area contributed by atoms with E-state index in [1.165, 1.54) is 33.4 Å². The van der Waals surface area contributed by atoms with Gasteiger partial charge < -0.3 is 30.7 Å². The second kappa shape index (κ2) is 29.5. The third-order valence-corrected chi connectivity index (χ3v) is 12.3. The topological polar surface area (TPSA) is 134 Å². The molecule has 0 unspecified atom stereocenters. The predicted molar refractivity (Wildman–Crippen MR) is 272 cm³/mol. The van der Waals surface area contributed by atoms with Gasteiger partial charge in [-0.3, -0.25) is 9.59 Å². The summed E-state index contributed by atoms with van der Waals surface area (Å²) < 4.78 is 5.77. The van der Waals surface area contributed by atoms with Gasteiger partial charge in [-0.25, -0.2) is 4.98 Å². The highest BCUT2D eigenvalue weighted by molar-refractivity contribution is 5.95. The molecule has 1 atom stereocenters. The lowest BCUT2D eigenvalue weighted by molar-refractivity contribution is -0.132. The van der Waals surface area contributed by atoms with Crippen LogP contribution in [0.3, 0.4) is 0 Å². The Kier molecular flexibility index (Phi) is 24.7. The number of aromatic nitrogens is 2. The number of nitrogens with two attached hydrogens (primary N) is 1. The average Bonchev–Trinajstić information content (AvgIpc) is 3.27. The summed E-state index contributed by atoms with van der Waals surface area (Å²) in [6, 6.07) is 5.37. The Bertz CT molecular complexity index is 2010. The van der Waals surface area contributed by atoms with Crippen LogP contribution in [0.25, 0.3) is 0 Å². The molecule has 10 nitrogen and oxygen atoms in total. The van der Waals surface area contributed by atoms with Crippen LogP contribution in [-0.2, 0) is 11.2 Å². The van der Waals surface area contributed by atoms with Gasteiger partial charge in [-0.1, -0.05) is 89.3 Å². The highest BCUT2D eigenvalue weighted by Crippen LogP contribution is 2.29. The summed E-state index contributed by atoms with van der Waals surface area (Å²) in [4.78, 5) is 39.4. The largest absolute Gasteiger partial charge is 0.496 e. The molecule has 358 valence electrons. The minimum Gasteiger partial charge on any atom is -0.496 e. The van der Waals surface area contributed by atoms with Crippen molar-refractivity contribution in [3.05, 3.63) is 110 Å². The maximum atomic E-state index is 13.6. The highest BCUT2D eigenvalue weighted by atomic mass is 16.5. The van der Waals surface area contributed by atoms with Gasteiger partial charge >= 0.3 is 0 Å². The van der Waals surface area contributed by atoms with Crippen molar-refractivity contribution in [2.45, 2.75) is 165 Å². The number of piperazine rings is 1. The molecule has 10 heteroatoms. The number of rotatable bonds is 27. The Hall–Kier alpha value is -4.96. The van der Waals surface area contributed by atoms with Crippen molar-refractivity contribution in [2.75, 3.05) is 50.9 Å². The van der Waals surface area contributed by atoms with Crippen molar-refractivity contribution in [2.24, 2.45) is 0 Å². The first kappa shape index (κ1) is 54.4. The molecule has 4 N–H and O–H groups in total. The summed E-state index contributed by atoms with van der Waals surface area (Å²) in [7, 11) is 1.60. The Morgan fingerprint density at radius 3 is 1.75 bits per heavy atom. The smallest absolute Gasteiger partial charge is 0.254 e. The number of aliphatic hydroxyl groups is 1. The van der Waals surface area contributed by atoms with Gasteiger partial charge in [-0.05, 0) is 150 Å². The number of nitrogens with zero attached hydrogens (tertiary/aromatic N) is 4. The summed E-state index contributed by atoms with van der Waals surface area (Å²) in [5, 5.41) is 13.3. The first-order chi connectivity index (χ1) is 31.1. The molecule has 1 aliphatic heterocycles. The van der Waals surface area contributed by atoms with E-state index in [9.17, 15) is 14.7 Å². The maximum Gasteiger partial charge on any atom is 0.254 e. The van der Waals surface area contributed by atoms with Crippen LogP contribution in [-0.4, -0.2) is 82.6 Å². The number of methoxy groups -OCH3 is 1. The van der Waals surface area contributed by atoms with Crippen molar-refractivity contribution in [3.8, 4) is 5.75 Å². The Labute approximate surface area is 393 Å². The molecule has 3 rings (SSSR count). The fourth-order valence-corrected chi connectivity index (χ4v) is 8.11. The fraction of sp³-hybridized carbons (Fsp3) is 0.564. The number of unbranched alkanes of at least 4 members (excludes halogenated alkanes) is 1. The minimum atomic E-state index is -0.157. The molecule has 2 amide bonds. The number of carbonyl (C=O) groups is 2. The SMILES string of the molecule is CCC[C@@H](CO)Nc1nc(N)nc(C)c1Cc1ccc(C(=O)N2CCN(C(=O)CC/C(C)=C/CC/C(C)=C/CC/C(C)=C/CC/C=C(\C)CC/C=C(\C)CCC=C(C)C)CC2)cc1OC. The van der Waals surface area contributed by atoms with Gasteiger partial charge in [0, 0.05) is 55.8 Å². The molecular weight excluding hydrogens is 809 g/mol. The Balaban J connectivity index is 1.38. The van der Waals surface area contributed by atoms with E-state index in [1.54, 1.807) is 13.2 Å². The van der Waals surface area contributed by atoms with Gasteiger partial charge in [-0.2, -0.15) is 4.98 Å². The second-order valence-corrected chi connectivity index (χ2v) is 18.4. The Morgan fingerprint density at radius 2 is 1.25 bits per heavy atom. The first-order valence-electron chi connectivity index (χ1n) is 24.3. The second-order valence-electron chi connectivity index (χ2n) is 18.4. The number of anilines is 2. The van der Waals surface area contributed by atoms with Gasteiger partial charge in [0.15, 0.2) is 0 Å². The van der Waals surface area contributed by atoms with Gasteiger partial charge in [0.25, 0.3) is 5.91 Å². The lowest BCUT2D eigenvalue weighted by Crippen LogP contribution is -2.50. The number of amides is 2. The molecule has 65 heavy (non-hydrogen) atoms. The number of ether oxygens (including phenoxy) is 1. The van der Waals surface area contributed by atoms with Crippen molar-refractivity contribution < 1.29 is 19.4 Å². The summed E-state index contributed by atoms with van der Waals surface area (Å²) in [6.07, 6.45) is 28.6. The lowest BCUT2D eigenvalue weighted by Gasteiger charge is -2.35. The van der Waals surface area contributed by atoms with Crippen LogP contribution in [0.2, 0.25) is 0 Å². The molecular formula is C55H84N6O4. The molecule has 2 aromatic rings. The number of aliphatic hydroxyl groups excluding tert-OH is 1. The zero-order valence-corrected chi connectivity index (χ0v) is 42.0.